The molecule has 2 rings (SSSR count). The van der Waals surface area contributed by atoms with E-state index in [1.54, 1.807) is 12.1 Å². The van der Waals surface area contributed by atoms with Gasteiger partial charge < -0.3 is 16.0 Å². The highest BCUT2D eigenvalue weighted by Crippen LogP contribution is 2.28. The maximum Gasteiger partial charge on any atom is 0.251 e. The van der Waals surface area contributed by atoms with Crippen molar-refractivity contribution < 1.29 is 14.4 Å². The van der Waals surface area contributed by atoms with Crippen LogP contribution in [0.4, 0.5) is 5.69 Å². The van der Waals surface area contributed by atoms with Gasteiger partial charge in [0.2, 0.25) is 5.91 Å². The highest BCUT2D eigenvalue weighted by atomic mass is 16.2. The molecule has 0 bridgehead atoms. The Kier molecular flexibility index (Phi) is 5.47. The van der Waals surface area contributed by atoms with Gasteiger partial charge in [-0.1, -0.05) is 0 Å². The quantitative estimate of drug-likeness (QED) is 0.764. The Hall–Kier alpha value is -2.41. The fraction of sp³-hybridized carbons (Fsp3) is 0.500. The highest BCUT2D eigenvalue weighted by Gasteiger charge is 2.40. The summed E-state index contributed by atoms with van der Waals surface area (Å²) in [7, 11) is 3.03. The summed E-state index contributed by atoms with van der Waals surface area (Å²) in [5.41, 5.74) is 0.989. The Morgan fingerprint density at radius 2 is 1.52 bits per heavy atom. The van der Waals surface area contributed by atoms with Gasteiger partial charge in [0.15, 0.2) is 0 Å². The third-order valence-corrected chi connectivity index (χ3v) is 4.36. The molecule has 1 atom stereocenters. The lowest BCUT2D eigenvalue weighted by Crippen LogP contribution is -2.61. The second-order valence-electron chi connectivity index (χ2n) is 7.12. The molecule has 1 aliphatic rings. The van der Waals surface area contributed by atoms with Gasteiger partial charge in [0.25, 0.3) is 11.8 Å². The van der Waals surface area contributed by atoms with Gasteiger partial charge in [0.05, 0.1) is 6.04 Å². The Labute approximate surface area is 148 Å². The maximum absolute atomic E-state index is 12.6. The molecular weight excluding hydrogens is 320 g/mol. The SMILES string of the molecule is CNC(=O)c1cc(NC(=O)C2CCN2C(C)(C)C)cc(C(=O)NC)c1. The molecule has 0 spiro atoms. The van der Waals surface area contributed by atoms with Crippen molar-refractivity contribution in [2.75, 3.05) is 26.0 Å². The predicted octanol–water partition coefficient (Wildman–Crippen LogP) is 1.22. The summed E-state index contributed by atoms with van der Waals surface area (Å²) in [6, 6.07) is 4.44. The van der Waals surface area contributed by atoms with Crippen LogP contribution >= 0.6 is 0 Å². The van der Waals surface area contributed by atoms with E-state index in [9.17, 15) is 14.4 Å². The van der Waals surface area contributed by atoms with Gasteiger partial charge in [0, 0.05) is 43.0 Å². The Morgan fingerprint density at radius 3 is 1.88 bits per heavy atom. The number of carbonyl (C=O) groups excluding carboxylic acids is 3. The molecule has 0 saturated carbocycles. The lowest BCUT2D eigenvalue weighted by Gasteiger charge is -2.48. The van der Waals surface area contributed by atoms with Crippen molar-refractivity contribution in [1.29, 1.82) is 0 Å². The van der Waals surface area contributed by atoms with Crippen LogP contribution < -0.4 is 16.0 Å². The Morgan fingerprint density at radius 1 is 1.00 bits per heavy atom. The number of nitrogens with one attached hydrogen (secondary N) is 3. The first kappa shape index (κ1) is 18.9. The number of anilines is 1. The summed E-state index contributed by atoms with van der Waals surface area (Å²) in [6.07, 6.45) is 0.792. The van der Waals surface area contributed by atoms with Gasteiger partial charge in [-0.25, -0.2) is 0 Å². The second-order valence-corrected chi connectivity index (χ2v) is 7.12. The van der Waals surface area contributed by atoms with Gasteiger partial charge in [0.1, 0.15) is 0 Å². The number of rotatable bonds is 4. The monoisotopic (exact) mass is 346 g/mol. The zero-order chi connectivity index (χ0) is 18.8. The van der Waals surface area contributed by atoms with Gasteiger partial charge in [-0.3, -0.25) is 19.3 Å². The Balaban J connectivity index is 2.24. The fourth-order valence-electron chi connectivity index (χ4n) is 2.94. The molecule has 1 saturated heterocycles. The zero-order valence-corrected chi connectivity index (χ0v) is 15.4. The van der Waals surface area contributed by atoms with E-state index in [2.05, 4.69) is 41.6 Å². The number of amides is 3. The van der Waals surface area contributed by atoms with E-state index in [-0.39, 0.29) is 29.3 Å². The van der Waals surface area contributed by atoms with Gasteiger partial charge in [-0.15, -0.1) is 0 Å². The number of hydrogen-bond donors (Lipinski definition) is 3. The highest BCUT2D eigenvalue weighted by molar-refractivity contribution is 6.03. The summed E-state index contributed by atoms with van der Waals surface area (Å²) in [6.45, 7) is 7.09. The van der Waals surface area contributed by atoms with E-state index >= 15 is 0 Å². The summed E-state index contributed by atoms with van der Waals surface area (Å²) >= 11 is 0. The molecule has 1 aliphatic heterocycles. The molecule has 1 aromatic carbocycles. The number of hydrogen-bond acceptors (Lipinski definition) is 4. The van der Waals surface area contributed by atoms with Crippen molar-refractivity contribution in [1.82, 2.24) is 15.5 Å². The molecule has 1 heterocycles. The van der Waals surface area contributed by atoms with E-state index in [4.69, 9.17) is 0 Å². The van der Waals surface area contributed by atoms with Crippen molar-refractivity contribution in [3.05, 3.63) is 29.3 Å². The third-order valence-electron chi connectivity index (χ3n) is 4.36. The number of nitrogens with zero attached hydrogens (tertiary/aromatic N) is 1. The van der Waals surface area contributed by atoms with Gasteiger partial charge in [-0.05, 0) is 45.4 Å². The first-order valence-electron chi connectivity index (χ1n) is 8.34. The summed E-state index contributed by atoms with van der Waals surface area (Å²) in [5.74, 6) is -0.763. The average molecular weight is 346 g/mol. The van der Waals surface area contributed by atoms with E-state index in [1.807, 2.05) is 0 Å². The second kappa shape index (κ2) is 7.23. The third kappa shape index (κ3) is 4.17. The van der Waals surface area contributed by atoms with Crippen LogP contribution in [0.1, 0.15) is 47.9 Å². The zero-order valence-electron chi connectivity index (χ0n) is 15.4. The number of likely N-dealkylation sites (tertiary alicyclic amines) is 1. The van der Waals surface area contributed by atoms with Crippen molar-refractivity contribution in [2.24, 2.45) is 0 Å². The molecule has 25 heavy (non-hydrogen) atoms. The van der Waals surface area contributed by atoms with E-state index in [0.29, 0.717) is 16.8 Å². The van der Waals surface area contributed by atoms with Crippen LogP contribution in [0, 0.1) is 0 Å². The first-order chi connectivity index (χ1) is 11.7. The molecule has 0 radical (unpaired) electrons. The van der Waals surface area contributed by atoms with E-state index < -0.39 is 0 Å². The summed E-state index contributed by atoms with van der Waals surface area (Å²) in [5, 5.41) is 7.90. The standard InChI is InChI=1S/C18H26N4O3/c1-18(2,3)22-7-6-14(22)17(25)21-13-9-11(15(23)19-4)8-12(10-13)16(24)20-5/h8-10,14H,6-7H2,1-5H3,(H,19,23)(H,20,24)(H,21,25). The fourth-order valence-corrected chi connectivity index (χ4v) is 2.94. The lowest BCUT2D eigenvalue weighted by molar-refractivity contribution is -0.129. The molecule has 3 amide bonds. The Bertz CT molecular complexity index is 660. The average Bonchev–Trinajstić information content (AvgIpc) is 2.49. The molecule has 1 unspecified atom stereocenters. The van der Waals surface area contributed by atoms with Gasteiger partial charge >= 0.3 is 0 Å². The summed E-state index contributed by atoms with van der Waals surface area (Å²) in [4.78, 5) is 38.6. The van der Waals surface area contributed by atoms with E-state index in [0.717, 1.165) is 13.0 Å². The van der Waals surface area contributed by atoms with Crippen LogP contribution in [0.2, 0.25) is 0 Å². The summed E-state index contributed by atoms with van der Waals surface area (Å²) < 4.78 is 0. The normalized spacial score (nSPS) is 17.4. The van der Waals surface area contributed by atoms with Crippen molar-refractivity contribution in [3.8, 4) is 0 Å². The van der Waals surface area contributed by atoms with Crippen LogP contribution in [0.25, 0.3) is 0 Å². The number of benzene rings is 1. The molecule has 3 N–H and O–H groups in total. The topological polar surface area (TPSA) is 90.5 Å². The molecule has 1 aromatic rings. The number of carbonyl (C=O) groups is 3. The maximum atomic E-state index is 12.6. The van der Waals surface area contributed by atoms with Crippen LogP contribution in [-0.4, -0.2) is 54.8 Å². The molecule has 136 valence electrons. The predicted molar refractivity (Wildman–Crippen MR) is 96.7 cm³/mol. The van der Waals surface area contributed by atoms with E-state index in [1.165, 1.54) is 20.2 Å². The molecule has 7 nitrogen and oxygen atoms in total. The largest absolute Gasteiger partial charge is 0.355 e. The first-order valence-corrected chi connectivity index (χ1v) is 8.34. The molecule has 1 fully saturated rings. The molecule has 0 aliphatic carbocycles. The van der Waals surface area contributed by atoms with Crippen LogP contribution in [0.5, 0.6) is 0 Å². The molecular formula is C18H26N4O3. The smallest absolute Gasteiger partial charge is 0.251 e. The molecule has 7 heteroatoms. The van der Waals surface area contributed by atoms with Crippen LogP contribution in [-0.2, 0) is 4.79 Å². The molecule has 0 aromatic heterocycles. The van der Waals surface area contributed by atoms with Crippen molar-refractivity contribution in [2.45, 2.75) is 38.8 Å². The minimum absolute atomic E-state index is 0.0859. The lowest BCUT2D eigenvalue weighted by atomic mass is 9.92. The van der Waals surface area contributed by atoms with Crippen molar-refractivity contribution in [3.63, 3.8) is 0 Å². The van der Waals surface area contributed by atoms with Crippen LogP contribution in [0.15, 0.2) is 18.2 Å². The van der Waals surface area contributed by atoms with Crippen LogP contribution in [0.3, 0.4) is 0 Å². The minimum atomic E-state index is -0.318. The minimum Gasteiger partial charge on any atom is -0.355 e. The van der Waals surface area contributed by atoms with Gasteiger partial charge in [-0.2, -0.15) is 0 Å². The van der Waals surface area contributed by atoms with Crippen molar-refractivity contribution >= 4 is 23.4 Å².